The van der Waals surface area contributed by atoms with Crippen LogP contribution in [-0.4, -0.2) is 31.9 Å². The first kappa shape index (κ1) is 12.6. The Hall–Kier alpha value is -1.44. The molecule has 0 bridgehead atoms. The number of nitrogens with zero attached hydrogens (tertiary/aromatic N) is 1. The molecule has 0 unspecified atom stereocenters. The van der Waals surface area contributed by atoms with Crippen LogP contribution in [0.15, 0.2) is 23.1 Å². The second-order valence-electron chi connectivity index (χ2n) is 4.62. The quantitative estimate of drug-likeness (QED) is 0.874. The minimum atomic E-state index is -3.63. The first-order valence-corrected chi connectivity index (χ1v) is 7.60. The lowest BCUT2D eigenvalue weighted by Crippen LogP contribution is -2.35. The molecule has 0 saturated carbocycles. The van der Waals surface area contributed by atoms with Crippen molar-refractivity contribution in [2.45, 2.75) is 24.2 Å². The van der Waals surface area contributed by atoms with Gasteiger partial charge in [-0.05, 0) is 36.6 Å². The van der Waals surface area contributed by atoms with E-state index in [9.17, 15) is 13.2 Å². The molecule has 6 nitrogen and oxygen atoms in total. The fraction of sp³-hybridized carbons (Fsp3) is 0.417. The summed E-state index contributed by atoms with van der Waals surface area (Å²) in [5.41, 5.74) is 1.39. The van der Waals surface area contributed by atoms with Gasteiger partial charge < -0.3 is 5.32 Å². The Balaban J connectivity index is 1.93. The Kier molecular flexibility index (Phi) is 3.04. The highest BCUT2D eigenvalue weighted by Gasteiger charge is 2.29. The van der Waals surface area contributed by atoms with Gasteiger partial charge in [-0.1, -0.05) is 4.47 Å². The molecule has 102 valence electrons. The standard InChI is InChI=1S/C12H14N2O4S/c15-12-8-9-7-10(3-4-11(9)13-12)19(16,17)14-5-1-2-6-18-14/h3-4,7H,1-2,5-6,8H2,(H,13,15). The number of carbonyl (C=O) groups excluding carboxylic acids is 1. The van der Waals surface area contributed by atoms with Gasteiger partial charge in [-0.3, -0.25) is 9.63 Å². The smallest absolute Gasteiger partial charge is 0.265 e. The Bertz CT molecular complexity index is 621. The van der Waals surface area contributed by atoms with Crippen LogP contribution in [-0.2, 0) is 26.1 Å². The minimum absolute atomic E-state index is 0.112. The largest absolute Gasteiger partial charge is 0.326 e. The Labute approximate surface area is 111 Å². The van der Waals surface area contributed by atoms with Gasteiger partial charge in [-0.15, -0.1) is 0 Å². The van der Waals surface area contributed by atoms with Crippen LogP contribution in [0, 0.1) is 0 Å². The SMILES string of the molecule is O=C1Cc2cc(S(=O)(=O)N3CCCCO3)ccc2N1. The number of sulfonamides is 1. The molecular formula is C12H14N2O4S. The molecule has 19 heavy (non-hydrogen) atoms. The highest BCUT2D eigenvalue weighted by atomic mass is 32.2. The monoisotopic (exact) mass is 282 g/mol. The van der Waals surface area contributed by atoms with Gasteiger partial charge in [0.2, 0.25) is 5.91 Å². The van der Waals surface area contributed by atoms with Gasteiger partial charge in [0.05, 0.1) is 17.9 Å². The predicted molar refractivity (Wildman–Crippen MR) is 67.9 cm³/mol. The number of hydrogen-bond donors (Lipinski definition) is 1. The molecule has 2 heterocycles. The van der Waals surface area contributed by atoms with E-state index in [-0.39, 0.29) is 17.2 Å². The van der Waals surface area contributed by atoms with Crippen molar-refractivity contribution in [1.82, 2.24) is 4.47 Å². The van der Waals surface area contributed by atoms with Crippen molar-refractivity contribution >= 4 is 21.6 Å². The maximum absolute atomic E-state index is 12.4. The number of rotatable bonds is 2. The molecule has 0 atom stereocenters. The summed E-state index contributed by atoms with van der Waals surface area (Å²) in [6, 6.07) is 4.66. The molecule has 0 aromatic heterocycles. The molecule has 0 aliphatic carbocycles. The molecule has 7 heteroatoms. The highest BCUT2D eigenvalue weighted by Crippen LogP contribution is 2.28. The van der Waals surface area contributed by atoms with Crippen LogP contribution in [0.1, 0.15) is 18.4 Å². The van der Waals surface area contributed by atoms with Crippen molar-refractivity contribution in [1.29, 1.82) is 0 Å². The van der Waals surface area contributed by atoms with E-state index < -0.39 is 10.0 Å². The summed E-state index contributed by atoms with van der Waals surface area (Å²) in [7, 11) is -3.63. The van der Waals surface area contributed by atoms with Crippen LogP contribution in [0.3, 0.4) is 0 Å². The van der Waals surface area contributed by atoms with Crippen molar-refractivity contribution in [3.8, 4) is 0 Å². The van der Waals surface area contributed by atoms with Crippen molar-refractivity contribution in [2.75, 3.05) is 18.5 Å². The van der Waals surface area contributed by atoms with E-state index in [2.05, 4.69) is 5.32 Å². The van der Waals surface area contributed by atoms with E-state index in [1.807, 2.05) is 0 Å². The zero-order valence-corrected chi connectivity index (χ0v) is 11.1. The number of anilines is 1. The van der Waals surface area contributed by atoms with E-state index in [0.29, 0.717) is 24.4 Å². The summed E-state index contributed by atoms with van der Waals surface area (Å²) >= 11 is 0. The summed E-state index contributed by atoms with van der Waals surface area (Å²) in [4.78, 5) is 16.6. The summed E-state index contributed by atoms with van der Waals surface area (Å²) in [5.74, 6) is -0.112. The van der Waals surface area contributed by atoms with Gasteiger partial charge >= 0.3 is 0 Å². The fourth-order valence-electron chi connectivity index (χ4n) is 2.25. The van der Waals surface area contributed by atoms with Crippen LogP contribution in [0.2, 0.25) is 0 Å². The summed E-state index contributed by atoms with van der Waals surface area (Å²) in [6.07, 6.45) is 1.89. The third-order valence-corrected chi connectivity index (χ3v) is 4.91. The van der Waals surface area contributed by atoms with Gasteiger partial charge in [0, 0.05) is 12.2 Å². The third kappa shape index (κ3) is 2.24. The van der Waals surface area contributed by atoms with Gasteiger partial charge in [0.25, 0.3) is 10.0 Å². The molecule has 1 N–H and O–H groups in total. The lowest BCUT2D eigenvalue weighted by Gasteiger charge is -2.25. The van der Waals surface area contributed by atoms with Crippen LogP contribution in [0.5, 0.6) is 0 Å². The van der Waals surface area contributed by atoms with Crippen molar-refractivity contribution in [2.24, 2.45) is 0 Å². The van der Waals surface area contributed by atoms with E-state index in [1.165, 1.54) is 6.07 Å². The van der Waals surface area contributed by atoms with Crippen LogP contribution in [0.25, 0.3) is 0 Å². The maximum Gasteiger partial charge on any atom is 0.265 e. The van der Waals surface area contributed by atoms with Crippen LogP contribution in [0.4, 0.5) is 5.69 Å². The van der Waals surface area contributed by atoms with Gasteiger partial charge in [-0.2, -0.15) is 0 Å². The maximum atomic E-state index is 12.4. The molecule has 0 radical (unpaired) electrons. The van der Waals surface area contributed by atoms with Crippen molar-refractivity contribution in [3.63, 3.8) is 0 Å². The first-order valence-electron chi connectivity index (χ1n) is 6.16. The third-order valence-electron chi connectivity index (χ3n) is 3.24. The average molecular weight is 282 g/mol. The second kappa shape index (κ2) is 4.59. The fourth-order valence-corrected chi connectivity index (χ4v) is 3.60. The van der Waals surface area contributed by atoms with Gasteiger partial charge in [0.15, 0.2) is 0 Å². The Morgan fingerprint density at radius 3 is 2.84 bits per heavy atom. The van der Waals surface area contributed by atoms with E-state index in [1.54, 1.807) is 12.1 Å². The Morgan fingerprint density at radius 1 is 1.26 bits per heavy atom. The average Bonchev–Trinajstić information content (AvgIpc) is 2.78. The summed E-state index contributed by atoms with van der Waals surface area (Å²) < 4.78 is 25.8. The number of hydrogen-bond acceptors (Lipinski definition) is 4. The number of carbonyl (C=O) groups is 1. The molecule has 1 aromatic carbocycles. The topological polar surface area (TPSA) is 75.7 Å². The van der Waals surface area contributed by atoms with E-state index in [4.69, 9.17) is 4.84 Å². The van der Waals surface area contributed by atoms with Gasteiger partial charge in [0.1, 0.15) is 0 Å². The normalized spacial score (nSPS) is 20.1. The number of amides is 1. The first-order chi connectivity index (χ1) is 9.07. The molecule has 2 aliphatic heterocycles. The molecule has 1 fully saturated rings. The molecule has 1 saturated heterocycles. The number of fused-ring (bicyclic) bond motifs is 1. The zero-order valence-electron chi connectivity index (χ0n) is 10.3. The minimum Gasteiger partial charge on any atom is -0.326 e. The van der Waals surface area contributed by atoms with Crippen molar-refractivity contribution in [3.05, 3.63) is 23.8 Å². The molecule has 1 amide bonds. The predicted octanol–water partition coefficient (Wildman–Crippen LogP) is 0.897. The van der Waals surface area contributed by atoms with Crippen LogP contribution >= 0.6 is 0 Å². The highest BCUT2D eigenvalue weighted by molar-refractivity contribution is 7.89. The molecule has 0 spiro atoms. The van der Waals surface area contributed by atoms with Crippen molar-refractivity contribution < 1.29 is 18.0 Å². The van der Waals surface area contributed by atoms with Crippen LogP contribution < -0.4 is 5.32 Å². The van der Waals surface area contributed by atoms with E-state index in [0.717, 1.165) is 17.3 Å². The molecule has 2 aliphatic rings. The molecule has 1 aromatic rings. The zero-order chi connectivity index (χ0) is 13.5. The number of nitrogens with one attached hydrogen (secondary N) is 1. The Morgan fingerprint density at radius 2 is 2.11 bits per heavy atom. The second-order valence-corrected chi connectivity index (χ2v) is 6.44. The molecule has 3 rings (SSSR count). The number of hydroxylamine groups is 1. The lowest BCUT2D eigenvalue weighted by molar-refractivity contribution is -0.115. The number of benzene rings is 1. The lowest BCUT2D eigenvalue weighted by atomic mass is 10.2. The van der Waals surface area contributed by atoms with E-state index >= 15 is 0 Å². The summed E-state index contributed by atoms with van der Waals surface area (Å²) in [6.45, 7) is 0.792. The van der Waals surface area contributed by atoms with Gasteiger partial charge in [-0.25, -0.2) is 8.42 Å². The molecular weight excluding hydrogens is 268 g/mol. The summed E-state index contributed by atoms with van der Waals surface area (Å²) in [5, 5.41) is 2.68.